The molecule has 0 bridgehead atoms. The first-order chi connectivity index (χ1) is 17.0. The van der Waals surface area contributed by atoms with Gasteiger partial charge in [-0.25, -0.2) is 9.59 Å². The fourth-order valence-corrected chi connectivity index (χ4v) is 4.92. The number of hydrogen-bond donors (Lipinski definition) is 6. The van der Waals surface area contributed by atoms with Crippen molar-refractivity contribution in [2.45, 2.75) is 38.8 Å². The van der Waals surface area contributed by atoms with Crippen molar-refractivity contribution in [1.82, 2.24) is 20.1 Å². The summed E-state index contributed by atoms with van der Waals surface area (Å²) in [7, 11) is 2.65. The van der Waals surface area contributed by atoms with Crippen LogP contribution in [0.15, 0.2) is 24.3 Å². The van der Waals surface area contributed by atoms with E-state index in [9.17, 15) is 39.6 Å². The third-order valence-corrected chi connectivity index (χ3v) is 6.82. The molecule has 0 saturated carbocycles. The largest absolute Gasteiger partial charge is 0.492 e. The summed E-state index contributed by atoms with van der Waals surface area (Å²) in [5, 5.41) is 43.3. The number of nitrogens with zero attached hydrogens (tertiary/aromatic N) is 2. The van der Waals surface area contributed by atoms with Crippen LogP contribution in [0.5, 0.6) is 23.5 Å². The van der Waals surface area contributed by atoms with E-state index in [1.807, 2.05) is 0 Å². The van der Waals surface area contributed by atoms with Gasteiger partial charge in [0.1, 0.15) is 12.1 Å². The van der Waals surface area contributed by atoms with Crippen LogP contribution in [0.25, 0.3) is 0 Å². The molecule has 2 aromatic heterocycles. The summed E-state index contributed by atoms with van der Waals surface area (Å²) in [5.41, 5.74) is 0. The molecule has 0 aliphatic carbocycles. The zero-order chi connectivity index (χ0) is 26.8. The number of rotatable bonds is 13. The third-order valence-electron chi connectivity index (χ3n) is 4.34. The van der Waals surface area contributed by atoms with Crippen molar-refractivity contribution < 1.29 is 49.3 Å². The highest BCUT2D eigenvalue weighted by atomic mass is 33.1. The van der Waals surface area contributed by atoms with Crippen LogP contribution >= 0.6 is 21.6 Å². The summed E-state index contributed by atoms with van der Waals surface area (Å²) in [6, 6.07) is 2.38. The Kier molecular flexibility index (Phi) is 10.7. The average molecular weight is 547 g/mol. The first-order valence-corrected chi connectivity index (χ1v) is 12.9. The van der Waals surface area contributed by atoms with E-state index in [1.54, 1.807) is 0 Å². The normalized spacial score (nSPS) is 12.4. The van der Waals surface area contributed by atoms with Gasteiger partial charge in [0.25, 0.3) is 0 Å². The monoisotopic (exact) mass is 546 g/mol. The van der Waals surface area contributed by atoms with Crippen LogP contribution < -0.4 is 20.3 Å². The van der Waals surface area contributed by atoms with E-state index in [1.165, 1.54) is 35.4 Å². The first-order valence-electron chi connectivity index (χ1n) is 10.4. The van der Waals surface area contributed by atoms with Crippen LogP contribution in [0.1, 0.15) is 26.7 Å². The van der Waals surface area contributed by atoms with Crippen LogP contribution in [-0.2, 0) is 19.2 Å². The highest BCUT2D eigenvalue weighted by Crippen LogP contribution is 2.25. The van der Waals surface area contributed by atoms with Gasteiger partial charge in [0.2, 0.25) is 35.3 Å². The van der Waals surface area contributed by atoms with Crippen LogP contribution in [0, 0.1) is 0 Å². The Labute approximate surface area is 212 Å². The predicted molar refractivity (Wildman–Crippen MR) is 128 cm³/mol. The Morgan fingerprint density at radius 1 is 0.722 bits per heavy atom. The first kappa shape index (κ1) is 28.6. The second kappa shape index (κ2) is 13.4. The minimum absolute atomic E-state index is 0.155. The van der Waals surface area contributed by atoms with Crippen LogP contribution in [-0.4, -0.2) is 77.2 Å². The van der Waals surface area contributed by atoms with Crippen molar-refractivity contribution in [2.24, 2.45) is 0 Å². The molecule has 0 aliphatic heterocycles. The molecule has 16 heteroatoms. The number of nitrogens with one attached hydrogen (secondary N) is 2. The molecule has 2 heterocycles. The van der Waals surface area contributed by atoms with E-state index in [4.69, 9.17) is 9.68 Å². The van der Waals surface area contributed by atoms with Crippen molar-refractivity contribution in [3.05, 3.63) is 24.3 Å². The summed E-state index contributed by atoms with van der Waals surface area (Å²) >= 11 is 0. The predicted octanol–water partition coefficient (Wildman–Crippen LogP) is -0.106. The molecule has 0 radical (unpaired) electrons. The Morgan fingerprint density at radius 3 is 1.31 bits per heavy atom. The zero-order valence-corrected chi connectivity index (χ0v) is 20.9. The molecule has 0 saturated heterocycles. The topological polar surface area (TPSA) is 202 Å². The number of carbonyl (C=O) groups is 4. The second-order valence-corrected chi connectivity index (χ2v) is 9.94. The van der Waals surface area contributed by atoms with Gasteiger partial charge in [0.05, 0.1) is 0 Å². The Balaban J connectivity index is 1.83. The molecule has 6 N–H and O–H groups in total. The van der Waals surface area contributed by atoms with Crippen molar-refractivity contribution in [1.29, 1.82) is 0 Å². The Hall–Kier alpha value is -3.66. The molecule has 2 atom stereocenters. The van der Waals surface area contributed by atoms with E-state index in [-0.39, 0.29) is 12.8 Å². The van der Waals surface area contributed by atoms with Gasteiger partial charge in [-0.15, -0.1) is 9.46 Å². The molecule has 36 heavy (non-hydrogen) atoms. The molecule has 0 aliphatic rings. The van der Waals surface area contributed by atoms with Crippen molar-refractivity contribution in [3.8, 4) is 23.5 Å². The lowest BCUT2D eigenvalue weighted by Gasteiger charge is -2.17. The quantitative estimate of drug-likeness (QED) is 0.144. The molecule has 14 nitrogen and oxygen atoms in total. The number of hydrogen-bond acceptors (Lipinski definition) is 12. The van der Waals surface area contributed by atoms with E-state index in [0.29, 0.717) is 21.0 Å². The SMILES string of the molecule is CC(=O)NC(CCSSCC[C@H](NC(C)=O)C(=O)On1c(O)ccc1O)C(=O)On1c(O)ccc1O. The maximum absolute atomic E-state index is 12.4. The van der Waals surface area contributed by atoms with Crippen molar-refractivity contribution >= 4 is 45.3 Å². The fraction of sp³-hybridized carbons (Fsp3) is 0.400. The third kappa shape index (κ3) is 8.53. The lowest BCUT2D eigenvalue weighted by atomic mass is 10.2. The molecule has 0 aromatic carbocycles. The van der Waals surface area contributed by atoms with Gasteiger partial charge in [0.15, 0.2) is 0 Å². The Bertz CT molecular complexity index is 963. The van der Waals surface area contributed by atoms with Gasteiger partial charge in [0, 0.05) is 49.6 Å². The summed E-state index contributed by atoms with van der Waals surface area (Å²) in [6.45, 7) is 2.45. The molecule has 0 fully saturated rings. The standard InChI is InChI=1S/C20H26N4O10S2/c1-11(25)21-13(19(31)33-23-15(27)3-4-16(23)28)7-9-35-36-10-8-14(22-12(2)26)20(32)34-24-17(29)5-6-18(24)30/h3-6,13-14,27-30H,7-10H2,1-2H3,(H,21,25)(H,22,26)/t13-,14?/m0/s1. The van der Waals surface area contributed by atoms with Crippen molar-refractivity contribution in [3.63, 3.8) is 0 Å². The number of amides is 2. The lowest BCUT2D eigenvalue weighted by Crippen LogP contribution is -2.44. The van der Waals surface area contributed by atoms with Gasteiger partial charge in [-0.3, -0.25) is 9.59 Å². The smallest absolute Gasteiger partial charge is 0.355 e. The molecular weight excluding hydrogens is 520 g/mol. The second-order valence-electron chi connectivity index (χ2n) is 7.24. The van der Waals surface area contributed by atoms with Crippen LogP contribution in [0.2, 0.25) is 0 Å². The summed E-state index contributed by atoms with van der Waals surface area (Å²) in [6.07, 6.45) is 0.310. The molecule has 2 amide bonds. The highest BCUT2D eigenvalue weighted by molar-refractivity contribution is 8.76. The minimum atomic E-state index is -1.05. The zero-order valence-electron chi connectivity index (χ0n) is 19.2. The fourth-order valence-electron chi connectivity index (χ4n) is 2.74. The number of aromatic nitrogens is 2. The molecule has 0 spiro atoms. The van der Waals surface area contributed by atoms with Crippen molar-refractivity contribution in [2.75, 3.05) is 11.5 Å². The van der Waals surface area contributed by atoms with Gasteiger partial charge < -0.3 is 40.7 Å². The highest BCUT2D eigenvalue weighted by Gasteiger charge is 2.25. The minimum Gasteiger partial charge on any atom is -0.492 e. The molecule has 1 unspecified atom stereocenters. The maximum atomic E-state index is 12.4. The molecule has 2 rings (SSSR count). The van der Waals surface area contributed by atoms with E-state index < -0.39 is 59.4 Å². The van der Waals surface area contributed by atoms with Crippen LogP contribution in [0.4, 0.5) is 0 Å². The lowest BCUT2D eigenvalue weighted by molar-refractivity contribution is -0.149. The maximum Gasteiger partial charge on any atom is 0.355 e. The number of aromatic hydroxyl groups is 4. The Morgan fingerprint density at radius 2 is 1.03 bits per heavy atom. The summed E-state index contributed by atoms with van der Waals surface area (Å²) in [4.78, 5) is 57.6. The summed E-state index contributed by atoms with van der Waals surface area (Å²) < 4.78 is 1.04. The molecular formula is C20H26N4O10S2. The van der Waals surface area contributed by atoms with Gasteiger partial charge in [-0.2, -0.15) is 0 Å². The van der Waals surface area contributed by atoms with Crippen LogP contribution in [0.3, 0.4) is 0 Å². The van der Waals surface area contributed by atoms with Gasteiger partial charge in [-0.05, 0) is 12.8 Å². The number of carbonyl (C=O) groups excluding carboxylic acids is 4. The molecule has 198 valence electrons. The van der Waals surface area contributed by atoms with E-state index >= 15 is 0 Å². The summed E-state index contributed by atoms with van der Waals surface area (Å²) in [5.74, 6) is -4.01. The van der Waals surface area contributed by atoms with Gasteiger partial charge in [-0.1, -0.05) is 21.6 Å². The van der Waals surface area contributed by atoms with Gasteiger partial charge >= 0.3 is 11.9 Å². The van der Waals surface area contributed by atoms with E-state index in [0.717, 1.165) is 24.3 Å². The molecule has 2 aromatic rings. The van der Waals surface area contributed by atoms with E-state index in [2.05, 4.69) is 10.6 Å². The average Bonchev–Trinajstić information content (AvgIpc) is 3.29.